The van der Waals surface area contributed by atoms with Crippen LogP contribution in [0.5, 0.6) is 0 Å². The van der Waals surface area contributed by atoms with Crippen LogP contribution in [-0.2, 0) is 29.1 Å². The number of hydrogen-bond donors (Lipinski definition) is 2. The molecule has 3 aromatic carbocycles. The molecule has 3 N–H and O–H groups in total. The number of rotatable bonds is 8. The SMILES string of the molecule is N#CCN(C(=O)NCc1ccccc1)N1CC(=O)N2[C@@H](Cc3ccc(F)cc3)C(=O)N(Cc3cccc4sc(N)nc34)C[C@@H]21. The van der Waals surface area contributed by atoms with E-state index in [1.165, 1.54) is 33.4 Å². The van der Waals surface area contributed by atoms with E-state index in [-0.39, 0.29) is 51.0 Å². The van der Waals surface area contributed by atoms with Gasteiger partial charge < -0.3 is 20.9 Å². The third-order valence-corrected chi connectivity index (χ3v) is 8.69. The number of para-hydroxylation sites is 1. The Labute approximate surface area is 256 Å². The van der Waals surface area contributed by atoms with E-state index >= 15 is 0 Å². The molecule has 224 valence electrons. The van der Waals surface area contributed by atoms with Crippen molar-refractivity contribution in [3.05, 3.63) is 95.3 Å². The maximum Gasteiger partial charge on any atom is 0.333 e. The number of hydrazine groups is 1. The van der Waals surface area contributed by atoms with Gasteiger partial charge in [-0.05, 0) is 34.9 Å². The Morgan fingerprint density at radius 1 is 1.09 bits per heavy atom. The molecule has 0 saturated carbocycles. The van der Waals surface area contributed by atoms with Crippen molar-refractivity contribution in [3.63, 3.8) is 0 Å². The summed E-state index contributed by atoms with van der Waals surface area (Å²) in [6, 6.07) is 21.4. The molecular formula is C31H29FN8O3S. The number of urea groups is 1. The van der Waals surface area contributed by atoms with Crippen molar-refractivity contribution in [2.75, 3.05) is 25.4 Å². The van der Waals surface area contributed by atoms with E-state index in [9.17, 15) is 24.0 Å². The van der Waals surface area contributed by atoms with Crippen LogP contribution in [0.25, 0.3) is 10.2 Å². The molecule has 2 fully saturated rings. The maximum absolute atomic E-state index is 14.1. The molecule has 0 unspecified atom stereocenters. The molecule has 2 aliphatic heterocycles. The van der Waals surface area contributed by atoms with Crippen molar-refractivity contribution in [2.24, 2.45) is 0 Å². The van der Waals surface area contributed by atoms with Crippen LogP contribution >= 0.6 is 11.3 Å². The van der Waals surface area contributed by atoms with Crippen molar-refractivity contribution in [1.29, 1.82) is 5.26 Å². The standard InChI is InChI=1S/C31H29FN8O3S/c32-23-11-9-20(10-12-23)15-24-29(42)37(17-22-7-4-8-25-28(22)36-30(34)44-25)18-26-39(19-27(41)40(24)26)38(14-13-33)31(43)35-16-21-5-2-1-3-6-21/h1-12,24,26H,14-19H2,(H2,34,36)(H,35,43)/t24-,26+/m0/s1. The fraction of sp³-hybridized carbons (Fsp3) is 0.258. The summed E-state index contributed by atoms with van der Waals surface area (Å²) in [5, 5.41) is 15.7. The van der Waals surface area contributed by atoms with Crippen LogP contribution in [0, 0.1) is 17.1 Å². The fourth-order valence-corrected chi connectivity index (χ4v) is 6.58. The zero-order valence-corrected chi connectivity index (χ0v) is 24.4. The first-order valence-corrected chi connectivity index (χ1v) is 14.8. The summed E-state index contributed by atoms with van der Waals surface area (Å²) < 4.78 is 14.6. The van der Waals surface area contributed by atoms with Crippen molar-refractivity contribution in [3.8, 4) is 6.07 Å². The summed E-state index contributed by atoms with van der Waals surface area (Å²) in [6.07, 6.45) is -0.570. The van der Waals surface area contributed by atoms with Gasteiger partial charge in [-0.15, -0.1) is 0 Å². The molecule has 6 rings (SSSR count). The lowest BCUT2D eigenvalue weighted by atomic mass is 10.00. The van der Waals surface area contributed by atoms with Gasteiger partial charge in [0.15, 0.2) is 5.13 Å². The first-order chi connectivity index (χ1) is 21.3. The minimum absolute atomic E-state index is 0.0917. The first-order valence-electron chi connectivity index (χ1n) is 14.0. The number of nitrogens with zero attached hydrogens (tertiary/aromatic N) is 6. The minimum Gasteiger partial charge on any atom is -0.375 e. The van der Waals surface area contributed by atoms with Crippen LogP contribution < -0.4 is 11.1 Å². The molecule has 2 atom stereocenters. The predicted molar refractivity (Wildman–Crippen MR) is 162 cm³/mol. The summed E-state index contributed by atoms with van der Waals surface area (Å²) >= 11 is 1.35. The molecule has 11 nitrogen and oxygen atoms in total. The summed E-state index contributed by atoms with van der Waals surface area (Å²) in [5.41, 5.74) is 9.03. The fourth-order valence-electron chi connectivity index (χ4n) is 5.80. The number of hydrogen-bond acceptors (Lipinski definition) is 8. The second-order valence-corrected chi connectivity index (χ2v) is 11.7. The predicted octanol–water partition coefficient (Wildman–Crippen LogP) is 3.09. The second kappa shape index (κ2) is 12.3. The van der Waals surface area contributed by atoms with E-state index in [0.29, 0.717) is 16.2 Å². The number of nitrogen functional groups attached to an aromatic ring is 1. The van der Waals surface area contributed by atoms with E-state index in [1.807, 2.05) is 54.6 Å². The van der Waals surface area contributed by atoms with E-state index < -0.39 is 24.1 Å². The number of carbonyl (C=O) groups excluding carboxylic acids is 3. The molecule has 44 heavy (non-hydrogen) atoms. The van der Waals surface area contributed by atoms with Crippen LogP contribution in [0.3, 0.4) is 0 Å². The number of halogens is 1. The molecule has 4 amide bonds. The minimum atomic E-state index is -0.910. The van der Waals surface area contributed by atoms with Gasteiger partial charge in [0.25, 0.3) is 0 Å². The highest BCUT2D eigenvalue weighted by atomic mass is 32.1. The van der Waals surface area contributed by atoms with Gasteiger partial charge in [-0.3, -0.25) is 9.59 Å². The third kappa shape index (κ3) is 5.77. The maximum atomic E-state index is 14.1. The average molecular weight is 613 g/mol. The molecule has 4 aromatic rings. The van der Waals surface area contributed by atoms with Gasteiger partial charge in [0, 0.05) is 19.5 Å². The normalized spacial score (nSPS) is 18.4. The van der Waals surface area contributed by atoms with Gasteiger partial charge in [-0.1, -0.05) is 65.9 Å². The van der Waals surface area contributed by atoms with Crippen LogP contribution in [0.2, 0.25) is 0 Å². The Morgan fingerprint density at radius 2 is 1.86 bits per heavy atom. The van der Waals surface area contributed by atoms with Gasteiger partial charge in [0.1, 0.15) is 24.6 Å². The zero-order valence-electron chi connectivity index (χ0n) is 23.6. The van der Waals surface area contributed by atoms with Gasteiger partial charge >= 0.3 is 6.03 Å². The Bertz CT molecular complexity index is 1740. The first kappa shape index (κ1) is 29.0. The van der Waals surface area contributed by atoms with Gasteiger partial charge in [0.05, 0.1) is 29.4 Å². The molecule has 2 saturated heterocycles. The molecular weight excluding hydrogens is 583 g/mol. The number of anilines is 1. The van der Waals surface area contributed by atoms with Crippen molar-refractivity contribution in [2.45, 2.75) is 31.7 Å². The smallest absolute Gasteiger partial charge is 0.333 e. The van der Waals surface area contributed by atoms with Gasteiger partial charge in [-0.25, -0.2) is 19.2 Å². The molecule has 1 aromatic heterocycles. The lowest BCUT2D eigenvalue weighted by Gasteiger charge is -2.46. The topological polar surface area (TPSA) is 139 Å². The van der Waals surface area contributed by atoms with Crippen molar-refractivity contribution >= 4 is 44.5 Å². The van der Waals surface area contributed by atoms with Crippen LogP contribution in [0.15, 0.2) is 72.8 Å². The number of amides is 4. The highest BCUT2D eigenvalue weighted by Gasteiger charge is 2.52. The monoisotopic (exact) mass is 612 g/mol. The van der Waals surface area contributed by atoms with Crippen LogP contribution in [0.4, 0.5) is 14.3 Å². The van der Waals surface area contributed by atoms with E-state index in [0.717, 1.165) is 15.8 Å². The van der Waals surface area contributed by atoms with E-state index in [1.54, 1.807) is 22.0 Å². The van der Waals surface area contributed by atoms with Crippen LogP contribution in [0.1, 0.15) is 16.7 Å². The number of benzene rings is 3. The lowest BCUT2D eigenvalue weighted by Crippen LogP contribution is -2.66. The Morgan fingerprint density at radius 3 is 2.61 bits per heavy atom. The highest BCUT2D eigenvalue weighted by molar-refractivity contribution is 7.22. The average Bonchev–Trinajstić information content (AvgIpc) is 3.57. The number of nitrogens with one attached hydrogen (secondary N) is 1. The molecule has 13 heteroatoms. The third-order valence-electron chi connectivity index (χ3n) is 7.84. The highest BCUT2D eigenvalue weighted by Crippen LogP contribution is 2.32. The summed E-state index contributed by atoms with van der Waals surface area (Å²) in [4.78, 5) is 48.7. The Hall–Kier alpha value is -5.06. The quantitative estimate of drug-likeness (QED) is 0.292. The summed E-state index contributed by atoms with van der Waals surface area (Å²) in [5.74, 6) is -1.03. The summed E-state index contributed by atoms with van der Waals surface area (Å²) in [7, 11) is 0. The molecule has 0 aliphatic carbocycles. The number of fused-ring (bicyclic) bond motifs is 2. The number of piperazine rings is 1. The molecule has 0 spiro atoms. The molecule has 2 aliphatic rings. The number of nitrogens with two attached hydrogens (primary N) is 1. The number of nitriles is 1. The second-order valence-electron chi connectivity index (χ2n) is 10.6. The van der Waals surface area contributed by atoms with E-state index in [4.69, 9.17) is 5.73 Å². The Balaban J connectivity index is 1.32. The van der Waals surface area contributed by atoms with Crippen molar-refractivity contribution < 1.29 is 18.8 Å². The molecule has 0 bridgehead atoms. The van der Waals surface area contributed by atoms with Crippen molar-refractivity contribution in [1.82, 2.24) is 30.1 Å². The van der Waals surface area contributed by atoms with Gasteiger partial charge in [0.2, 0.25) is 11.8 Å². The molecule has 3 heterocycles. The zero-order chi connectivity index (χ0) is 30.8. The van der Waals surface area contributed by atoms with E-state index in [2.05, 4.69) is 10.3 Å². The van der Waals surface area contributed by atoms with Gasteiger partial charge in [-0.2, -0.15) is 10.3 Å². The number of thiazole rings is 1. The number of aromatic nitrogens is 1. The molecule has 0 radical (unpaired) electrons. The van der Waals surface area contributed by atoms with Crippen LogP contribution in [-0.4, -0.2) is 74.5 Å². The summed E-state index contributed by atoms with van der Waals surface area (Å²) in [6.45, 7) is 0.0331. The lowest BCUT2D eigenvalue weighted by molar-refractivity contribution is -0.157. The Kier molecular flexibility index (Phi) is 8.10. The number of carbonyl (C=O) groups is 3. The largest absolute Gasteiger partial charge is 0.375 e.